The molecule has 0 amide bonds. The molecule has 0 spiro atoms. The van der Waals surface area contributed by atoms with E-state index in [4.69, 9.17) is 11.6 Å². The van der Waals surface area contributed by atoms with Crippen molar-refractivity contribution in [2.75, 3.05) is 7.05 Å². The van der Waals surface area contributed by atoms with Crippen LogP contribution in [0.25, 0.3) is 10.2 Å². The number of hydrogen-bond acceptors (Lipinski definition) is 4. The maximum Gasteiger partial charge on any atom is 0.155 e. The molecule has 3 aromatic rings. The molecule has 2 nitrogen and oxygen atoms in total. The van der Waals surface area contributed by atoms with E-state index in [1.165, 1.54) is 4.70 Å². The van der Waals surface area contributed by atoms with Gasteiger partial charge in [-0.25, -0.2) is 4.98 Å². The Kier molecular flexibility index (Phi) is 4.27. The summed E-state index contributed by atoms with van der Waals surface area (Å²) in [6, 6.07) is 14.4. The fourth-order valence-electron chi connectivity index (χ4n) is 1.92. The van der Waals surface area contributed by atoms with Crippen LogP contribution in [-0.4, -0.2) is 12.0 Å². The molecule has 3 rings (SSSR count). The van der Waals surface area contributed by atoms with Gasteiger partial charge in [-0.3, -0.25) is 0 Å². The minimum Gasteiger partial charge on any atom is -0.316 e. The van der Waals surface area contributed by atoms with Crippen LogP contribution in [0, 0.1) is 0 Å². The van der Waals surface area contributed by atoms with E-state index in [0.717, 1.165) is 31.9 Å². The molecule has 0 aliphatic heterocycles. The van der Waals surface area contributed by atoms with Crippen LogP contribution in [0.5, 0.6) is 0 Å². The third-order valence-corrected chi connectivity index (χ3v) is 5.31. The van der Waals surface area contributed by atoms with E-state index in [9.17, 15) is 0 Å². The Labute approximate surface area is 131 Å². The van der Waals surface area contributed by atoms with E-state index in [0.29, 0.717) is 0 Å². The van der Waals surface area contributed by atoms with Crippen molar-refractivity contribution < 1.29 is 0 Å². The fourth-order valence-corrected chi connectivity index (χ4v) is 4.31. The highest BCUT2D eigenvalue weighted by Crippen LogP contribution is 2.35. The molecule has 20 heavy (non-hydrogen) atoms. The topological polar surface area (TPSA) is 24.9 Å². The van der Waals surface area contributed by atoms with E-state index in [1.54, 1.807) is 23.1 Å². The first-order valence-corrected chi connectivity index (χ1v) is 8.24. The van der Waals surface area contributed by atoms with E-state index in [-0.39, 0.29) is 0 Å². The number of fused-ring (bicyclic) bond motifs is 1. The van der Waals surface area contributed by atoms with Gasteiger partial charge in [0.1, 0.15) is 0 Å². The molecule has 0 saturated carbocycles. The molecule has 1 aromatic heterocycles. The van der Waals surface area contributed by atoms with Crippen molar-refractivity contribution in [2.45, 2.75) is 15.8 Å². The van der Waals surface area contributed by atoms with Crippen molar-refractivity contribution in [1.82, 2.24) is 10.3 Å². The second-order valence-electron chi connectivity index (χ2n) is 4.33. The number of aromatic nitrogens is 1. The second-order valence-corrected chi connectivity index (χ2v) is 7.09. The van der Waals surface area contributed by atoms with Gasteiger partial charge in [-0.05, 0) is 36.9 Å². The van der Waals surface area contributed by atoms with Gasteiger partial charge in [0.2, 0.25) is 0 Å². The maximum atomic E-state index is 6.28. The van der Waals surface area contributed by atoms with Gasteiger partial charge < -0.3 is 5.32 Å². The average molecular weight is 321 g/mol. The molecular weight excluding hydrogens is 308 g/mol. The lowest BCUT2D eigenvalue weighted by Crippen LogP contribution is -2.05. The monoisotopic (exact) mass is 320 g/mol. The predicted octanol–water partition coefficient (Wildman–Crippen LogP) is 4.82. The number of nitrogens with zero attached hydrogens (tertiary/aromatic N) is 1. The zero-order valence-electron chi connectivity index (χ0n) is 10.9. The third kappa shape index (κ3) is 2.99. The van der Waals surface area contributed by atoms with Crippen molar-refractivity contribution in [1.29, 1.82) is 0 Å². The number of nitrogens with one attached hydrogen (secondary N) is 1. The van der Waals surface area contributed by atoms with Gasteiger partial charge in [-0.1, -0.05) is 41.6 Å². The molecular formula is C15H13ClN2S2. The average Bonchev–Trinajstić information content (AvgIpc) is 2.84. The van der Waals surface area contributed by atoms with Crippen molar-refractivity contribution in [3.8, 4) is 0 Å². The SMILES string of the molecule is CNCc1ccc(Sc2nc3ccccc3s2)cc1Cl. The summed E-state index contributed by atoms with van der Waals surface area (Å²) in [4.78, 5) is 5.74. The summed E-state index contributed by atoms with van der Waals surface area (Å²) in [5, 5.41) is 3.91. The molecule has 0 saturated heterocycles. The molecule has 0 atom stereocenters. The number of hydrogen-bond donors (Lipinski definition) is 1. The molecule has 0 aliphatic rings. The van der Waals surface area contributed by atoms with Crippen LogP contribution in [0.3, 0.4) is 0 Å². The Morgan fingerprint density at radius 2 is 2.10 bits per heavy atom. The Bertz CT molecular complexity index is 707. The van der Waals surface area contributed by atoms with E-state index in [1.807, 2.05) is 31.3 Å². The largest absolute Gasteiger partial charge is 0.316 e. The third-order valence-electron chi connectivity index (χ3n) is 2.87. The molecule has 0 unspecified atom stereocenters. The molecule has 1 heterocycles. The smallest absolute Gasteiger partial charge is 0.155 e. The lowest BCUT2D eigenvalue weighted by Gasteiger charge is -2.05. The molecule has 0 fully saturated rings. The van der Waals surface area contributed by atoms with E-state index in [2.05, 4.69) is 28.5 Å². The van der Waals surface area contributed by atoms with Gasteiger partial charge in [0.15, 0.2) is 4.34 Å². The Morgan fingerprint density at radius 1 is 1.25 bits per heavy atom. The van der Waals surface area contributed by atoms with Gasteiger partial charge in [0.05, 0.1) is 10.2 Å². The highest BCUT2D eigenvalue weighted by atomic mass is 35.5. The van der Waals surface area contributed by atoms with Crippen molar-refractivity contribution in [3.63, 3.8) is 0 Å². The Balaban J connectivity index is 1.85. The number of benzene rings is 2. The predicted molar refractivity (Wildman–Crippen MR) is 88.0 cm³/mol. The highest BCUT2D eigenvalue weighted by Gasteiger charge is 2.07. The van der Waals surface area contributed by atoms with Crippen molar-refractivity contribution in [3.05, 3.63) is 53.1 Å². The van der Waals surface area contributed by atoms with Crippen LogP contribution >= 0.6 is 34.7 Å². The van der Waals surface area contributed by atoms with Gasteiger partial charge in [0, 0.05) is 16.5 Å². The molecule has 102 valence electrons. The van der Waals surface area contributed by atoms with Crippen LogP contribution in [0.1, 0.15) is 5.56 Å². The molecule has 1 N–H and O–H groups in total. The first-order valence-electron chi connectivity index (χ1n) is 6.23. The lowest BCUT2D eigenvalue weighted by molar-refractivity contribution is 0.817. The van der Waals surface area contributed by atoms with Gasteiger partial charge in [-0.15, -0.1) is 11.3 Å². The van der Waals surface area contributed by atoms with Crippen LogP contribution in [-0.2, 0) is 6.54 Å². The van der Waals surface area contributed by atoms with E-state index >= 15 is 0 Å². The zero-order valence-corrected chi connectivity index (χ0v) is 13.3. The fraction of sp³-hybridized carbons (Fsp3) is 0.133. The number of halogens is 1. The van der Waals surface area contributed by atoms with Crippen molar-refractivity contribution in [2.24, 2.45) is 0 Å². The first kappa shape index (κ1) is 13.9. The minimum absolute atomic E-state index is 0.783. The molecule has 0 bridgehead atoms. The number of thiazole rings is 1. The lowest BCUT2D eigenvalue weighted by atomic mass is 10.2. The van der Waals surface area contributed by atoms with Gasteiger partial charge in [0.25, 0.3) is 0 Å². The molecule has 2 aromatic carbocycles. The number of rotatable bonds is 4. The van der Waals surface area contributed by atoms with Gasteiger partial charge in [-0.2, -0.15) is 0 Å². The van der Waals surface area contributed by atoms with Crippen LogP contribution in [0.2, 0.25) is 5.02 Å². The maximum absolute atomic E-state index is 6.28. The quantitative estimate of drug-likeness (QED) is 0.746. The molecule has 0 aliphatic carbocycles. The van der Waals surface area contributed by atoms with Crippen LogP contribution in [0.15, 0.2) is 51.7 Å². The summed E-state index contributed by atoms with van der Waals surface area (Å²) < 4.78 is 2.26. The standard InChI is InChI=1S/C15H13ClN2S2/c1-17-9-10-6-7-11(8-12(10)16)19-15-18-13-4-2-3-5-14(13)20-15/h2-8,17H,9H2,1H3. The van der Waals surface area contributed by atoms with Crippen LogP contribution < -0.4 is 5.32 Å². The normalized spacial score (nSPS) is 11.1. The summed E-state index contributed by atoms with van der Waals surface area (Å²) in [7, 11) is 1.92. The van der Waals surface area contributed by atoms with Crippen molar-refractivity contribution >= 4 is 44.9 Å². The zero-order chi connectivity index (χ0) is 13.9. The molecule has 5 heteroatoms. The Morgan fingerprint density at radius 3 is 2.85 bits per heavy atom. The Hall–Kier alpha value is -1.07. The minimum atomic E-state index is 0.783. The summed E-state index contributed by atoms with van der Waals surface area (Å²) in [5.41, 5.74) is 2.17. The van der Waals surface area contributed by atoms with E-state index < -0.39 is 0 Å². The summed E-state index contributed by atoms with van der Waals surface area (Å²) >= 11 is 9.65. The van der Waals surface area contributed by atoms with Crippen LogP contribution in [0.4, 0.5) is 0 Å². The summed E-state index contributed by atoms with van der Waals surface area (Å²) in [5.74, 6) is 0. The summed E-state index contributed by atoms with van der Waals surface area (Å²) in [6.45, 7) is 0.783. The number of para-hydroxylation sites is 1. The molecule has 0 radical (unpaired) electrons. The second kappa shape index (κ2) is 6.14. The van der Waals surface area contributed by atoms with Gasteiger partial charge >= 0.3 is 0 Å². The highest BCUT2D eigenvalue weighted by molar-refractivity contribution is 8.01. The first-order chi connectivity index (χ1) is 9.76. The summed E-state index contributed by atoms with van der Waals surface area (Å²) in [6.07, 6.45) is 0.